The molecule has 0 radical (unpaired) electrons. The van der Waals surface area contributed by atoms with E-state index in [9.17, 15) is 4.79 Å². The van der Waals surface area contributed by atoms with Gasteiger partial charge in [0.15, 0.2) is 5.78 Å². The lowest BCUT2D eigenvalue weighted by Gasteiger charge is -2.07. The summed E-state index contributed by atoms with van der Waals surface area (Å²) in [7, 11) is 0. The van der Waals surface area contributed by atoms with Crippen LogP contribution in [-0.4, -0.2) is 5.78 Å². The molecule has 0 atom stereocenters. The Labute approximate surface area is 118 Å². The van der Waals surface area contributed by atoms with Crippen LogP contribution in [0.4, 0.5) is 5.69 Å². The van der Waals surface area contributed by atoms with Crippen LogP contribution in [0.2, 0.25) is 5.02 Å². The van der Waals surface area contributed by atoms with E-state index in [2.05, 4.69) is 5.32 Å². The van der Waals surface area contributed by atoms with Crippen molar-refractivity contribution in [3.05, 3.63) is 64.7 Å². The number of halogens is 1. The zero-order valence-electron chi connectivity index (χ0n) is 10.8. The smallest absolute Gasteiger partial charge is 0.162 e. The Morgan fingerprint density at radius 2 is 1.89 bits per heavy atom. The van der Waals surface area contributed by atoms with Gasteiger partial charge in [-0.1, -0.05) is 30.7 Å². The summed E-state index contributed by atoms with van der Waals surface area (Å²) in [5.41, 5.74) is 2.88. The lowest BCUT2D eigenvalue weighted by Crippen LogP contribution is -2.00. The Hall–Kier alpha value is -1.80. The van der Waals surface area contributed by atoms with Gasteiger partial charge in [-0.25, -0.2) is 0 Å². The molecule has 3 heteroatoms. The average Bonchev–Trinajstić information content (AvgIpc) is 2.45. The van der Waals surface area contributed by atoms with Gasteiger partial charge in [0.1, 0.15) is 0 Å². The van der Waals surface area contributed by atoms with E-state index in [4.69, 9.17) is 11.6 Å². The van der Waals surface area contributed by atoms with Crippen molar-refractivity contribution in [2.45, 2.75) is 19.9 Å². The van der Waals surface area contributed by atoms with Gasteiger partial charge in [0.2, 0.25) is 0 Å². The number of nitrogens with one attached hydrogen (secondary N) is 1. The van der Waals surface area contributed by atoms with Gasteiger partial charge in [-0.05, 0) is 42.0 Å². The highest BCUT2D eigenvalue weighted by Gasteiger charge is 2.02. The van der Waals surface area contributed by atoms with E-state index in [1.54, 1.807) is 0 Å². The van der Waals surface area contributed by atoms with Crippen LogP contribution in [-0.2, 0) is 6.54 Å². The molecule has 0 aliphatic heterocycles. The first kappa shape index (κ1) is 13.6. The zero-order chi connectivity index (χ0) is 13.7. The molecule has 0 saturated heterocycles. The third-order valence-electron chi connectivity index (χ3n) is 2.91. The molecule has 2 aromatic carbocycles. The predicted molar refractivity (Wildman–Crippen MR) is 79.8 cm³/mol. The first-order valence-corrected chi connectivity index (χ1v) is 6.68. The standard InChI is InChI=1S/C16H16ClNO/c1-2-16(19)13-6-8-15(9-7-13)18-11-12-4-3-5-14(17)10-12/h3-10,18H,2,11H2,1H3. The minimum Gasteiger partial charge on any atom is -0.381 e. The third-order valence-corrected chi connectivity index (χ3v) is 3.15. The number of anilines is 1. The normalized spacial score (nSPS) is 10.2. The van der Waals surface area contributed by atoms with E-state index in [1.165, 1.54) is 0 Å². The molecule has 0 aliphatic rings. The maximum Gasteiger partial charge on any atom is 0.162 e. The van der Waals surface area contributed by atoms with Crippen molar-refractivity contribution in [2.75, 3.05) is 5.32 Å². The highest BCUT2D eigenvalue weighted by atomic mass is 35.5. The first-order chi connectivity index (χ1) is 9.19. The molecule has 0 aromatic heterocycles. The maximum absolute atomic E-state index is 11.5. The molecule has 19 heavy (non-hydrogen) atoms. The van der Waals surface area contributed by atoms with E-state index in [0.717, 1.165) is 21.8 Å². The maximum atomic E-state index is 11.5. The van der Waals surface area contributed by atoms with Crippen molar-refractivity contribution >= 4 is 23.1 Å². The summed E-state index contributed by atoms with van der Waals surface area (Å²) in [6.07, 6.45) is 0.537. The summed E-state index contributed by atoms with van der Waals surface area (Å²) in [4.78, 5) is 11.5. The molecular formula is C16H16ClNO. The van der Waals surface area contributed by atoms with E-state index in [-0.39, 0.29) is 5.78 Å². The quantitative estimate of drug-likeness (QED) is 0.810. The third kappa shape index (κ3) is 3.83. The molecule has 0 fully saturated rings. The van der Waals surface area contributed by atoms with Crippen LogP contribution in [0.5, 0.6) is 0 Å². The zero-order valence-corrected chi connectivity index (χ0v) is 11.6. The Bertz CT molecular complexity index is 563. The fourth-order valence-electron chi connectivity index (χ4n) is 1.83. The van der Waals surface area contributed by atoms with E-state index in [0.29, 0.717) is 13.0 Å². The highest BCUT2D eigenvalue weighted by molar-refractivity contribution is 6.30. The Morgan fingerprint density at radius 1 is 1.16 bits per heavy atom. The molecule has 0 aliphatic carbocycles. The summed E-state index contributed by atoms with van der Waals surface area (Å²) in [5, 5.41) is 4.04. The van der Waals surface area contributed by atoms with Crippen molar-refractivity contribution < 1.29 is 4.79 Å². The van der Waals surface area contributed by atoms with Crippen LogP contribution in [0.3, 0.4) is 0 Å². The highest BCUT2D eigenvalue weighted by Crippen LogP contribution is 2.14. The molecule has 2 rings (SSSR count). The molecule has 0 bridgehead atoms. The number of benzene rings is 2. The lowest BCUT2D eigenvalue weighted by atomic mass is 10.1. The molecular weight excluding hydrogens is 258 g/mol. The number of hydrogen-bond acceptors (Lipinski definition) is 2. The number of Topliss-reactive ketones (excluding diaryl/α,β-unsaturated/α-hetero) is 1. The van der Waals surface area contributed by atoms with Crippen molar-refractivity contribution in [1.82, 2.24) is 0 Å². The summed E-state index contributed by atoms with van der Waals surface area (Å²) in [5.74, 6) is 0.168. The van der Waals surface area contributed by atoms with Crippen molar-refractivity contribution in [3.63, 3.8) is 0 Å². The van der Waals surface area contributed by atoms with Crippen LogP contribution in [0.15, 0.2) is 48.5 Å². The van der Waals surface area contributed by atoms with Crippen LogP contribution < -0.4 is 5.32 Å². The second kappa shape index (κ2) is 6.39. The second-order valence-electron chi connectivity index (χ2n) is 4.34. The molecule has 0 unspecified atom stereocenters. The SMILES string of the molecule is CCC(=O)c1ccc(NCc2cccc(Cl)c2)cc1. The van der Waals surface area contributed by atoms with Gasteiger partial charge in [-0.3, -0.25) is 4.79 Å². The molecule has 0 spiro atoms. The largest absolute Gasteiger partial charge is 0.381 e. The number of hydrogen-bond donors (Lipinski definition) is 1. The molecule has 1 N–H and O–H groups in total. The predicted octanol–water partition coefficient (Wildman–Crippen LogP) is 4.54. The van der Waals surface area contributed by atoms with Gasteiger partial charge in [-0.2, -0.15) is 0 Å². The van der Waals surface area contributed by atoms with Gasteiger partial charge < -0.3 is 5.32 Å². The fourth-order valence-corrected chi connectivity index (χ4v) is 2.04. The van der Waals surface area contributed by atoms with Gasteiger partial charge in [0, 0.05) is 29.2 Å². The first-order valence-electron chi connectivity index (χ1n) is 6.30. The molecule has 0 saturated carbocycles. The minimum atomic E-state index is 0.168. The molecule has 0 heterocycles. The Morgan fingerprint density at radius 3 is 2.53 bits per heavy atom. The molecule has 0 amide bonds. The molecule has 98 valence electrons. The van der Waals surface area contributed by atoms with Gasteiger partial charge in [0.25, 0.3) is 0 Å². The number of carbonyl (C=O) groups excluding carboxylic acids is 1. The van der Waals surface area contributed by atoms with E-state index >= 15 is 0 Å². The van der Waals surface area contributed by atoms with E-state index < -0.39 is 0 Å². The summed E-state index contributed by atoms with van der Waals surface area (Å²) >= 11 is 5.93. The van der Waals surface area contributed by atoms with Crippen molar-refractivity contribution in [3.8, 4) is 0 Å². The lowest BCUT2D eigenvalue weighted by molar-refractivity contribution is 0.0988. The van der Waals surface area contributed by atoms with Crippen LogP contribution in [0.25, 0.3) is 0 Å². The minimum absolute atomic E-state index is 0.168. The van der Waals surface area contributed by atoms with E-state index in [1.807, 2.05) is 55.5 Å². The monoisotopic (exact) mass is 273 g/mol. The summed E-state index contributed by atoms with van der Waals surface area (Å²) < 4.78 is 0. The average molecular weight is 274 g/mol. The Kier molecular flexibility index (Phi) is 4.58. The van der Waals surface area contributed by atoms with Gasteiger partial charge >= 0.3 is 0 Å². The van der Waals surface area contributed by atoms with Crippen molar-refractivity contribution in [1.29, 1.82) is 0 Å². The van der Waals surface area contributed by atoms with Crippen LogP contribution in [0, 0.1) is 0 Å². The van der Waals surface area contributed by atoms with Gasteiger partial charge in [0.05, 0.1) is 0 Å². The second-order valence-corrected chi connectivity index (χ2v) is 4.77. The summed E-state index contributed by atoms with van der Waals surface area (Å²) in [6, 6.07) is 15.3. The number of rotatable bonds is 5. The molecule has 2 aromatic rings. The number of ketones is 1. The molecule has 2 nitrogen and oxygen atoms in total. The van der Waals surface area contributed by atoms with Crippen LogP contribution in [0.1, 0.15) is 29.3 Å². The topological polar surface area (TPSA) is 29.1 Å². The fraction of sp³-hybridized carbons (Fsp3) is 0.188. The van der Waals surface area contributed by atoms with Gasteiger partial charge in [-0.15, -0.1) is 0 Å². The van der Waals surface area contributed by atoms with Crippen molar-refractivity contribution in [2.24, 2.45) is 0 Å². The Balaban J connectivity index is 1.98. The summed E-state index contributed by atoms with van der Waals surface area (Å²) in [6.45, 7) is 2.58. The van der Waals surface area contributed by atoms with Crippen LogP contribution >= 0.6 is 11.6 Å². The number of carbonyl (C=O) groups is 1.